The first kappa shape index (κ1) is 23.1. The molecule has 5 heteroatoms. The van der Waals surface area contributed by atoms with Gasteiger partial charge in [-0.15, -0.1) is 23.2 Å². The molecule has 0 aliphatic carbocycles. The van der Waals surface area contributed by atoms with Crippen molar-refractivity contribution in [1.82, 2.24) is 0 Å². The van der Waals surface area contributed by atoms with Crippen LogP contribution in [0.5, 0.6) is 0 Å². The van der Waals surface area contributed by atoms with Gasteiger partial charge in [-0.1, -0.05) is 39.0 Å². The van der Waals surface area contributed by atoms with E-state index in [2.05, 4.69) is 6.92 Å². The number of aliphatic hydroxyl groups is 1. The van der Waals surface area contributed by atoms with Gasteiger partial charge in [0.25, 0.3) is 0 Å². The summed E-state index contributed by atoms with van der Waals surface area (Å²) in [7, 11) is 1.00. The molecule has 1 N–H and O–H groups in total. The van der Waals surface area contributed by atoms with Gasteiger partial charge in [0.1, 0.15) is 0 Å². The van der Waals surface area contributed by atoms with E-state index in [0.717, 1.165) is 13.5 Å². The first-order valence-corrected chi connectivity index (χ1v) is 7.52. The van der Waals surface area contributed by atoms with E-state index in [-0.39, 0.29) is 11.3 Å². The quantitative estimate of drug-likeness (QED) is 0.412. The maximum absolute atomic E-state index is 10.9. The van der Waals surface area contributed by atoms with Gasteiger partial charge in [-0.05, 0) is 13.3 Å². The summed E-state index contributed by atoms with van der Waals surface area (Å²) in [6.07, 6.45) is 7.91. The van der Waals surface area contributed by atoms with Crippen molar-refractivity contribution in [3.8, 4) is 0 Å². The topological polar surface area (TPSA) is 46.5 Å². The molecule has 0 aromatic carbocycles. The second-order valence-corrected chi connectivity index (χ2v) is 4.23. The van der Waals surface area contributed by atoms with Crippen LogP contribution in [0.1, 0.15) is 58.8 Å². The van der Waals surface area contributed by atoms with E-state index in [1.165, 1.54) is 32.1 Å². The molecule has 0 aliphatic rings. The van der Waals surface area contributed by atoms with Gasteiger partial charge in [0.05, 0.1) is 11.9 Å². The van der Waals surface area contributed by atoms with Crippen molar-refractivity contribution in [2.75, 3.05) is 19.1 Å². The molecular formula is C13H28Cl2O3. The lowest BCUT2D eigenvalue weighted by atomic mass is 10.1. The fraction of sp³-hybridized carbons (Fsp3) is 0.923. The summed E-state index contributed by atoms with van der Waals surface area (Å²) in [5.74, 6) is -0.0435. The second-order valence-electron chi connectivity index (χ2n) is 3.42. The highest BCUT2D eigenvalue weighted by molar-refractivity contribution is 6.40. The standard InChI is InChI=1S/C11H22O2.CH2Cl2.CH4O/c1-3-5-6-7-8-9-10-11(12)13-4-2;2-1-3;1-2/h3-10H2,1-2H3;1H2;2H,1H3. The number of hydrogen-bond acceptors (Lipinski definition) is 3. The lowest BCUT2D eigenvalue weighted by molar-refractivity contribution is -0.143. The average Bonchev–Trinajstić information content (AvgIpc) is 2.37. The number of alkyl halides is 2. The first-order valence-electron chi connectivity index (χ1n) is 6.45. The molecule has 0 spiro atoms. The molecule has 0 unspecified atom stereocenters. The molecular weight excluding hydrogens is 275 g/mol. The molecule has 0 aliphatic heterocycles. The first-order chi connectivity index (χ1) is 8.72. The van der Waals surface area contributed by atoms with Crippen LogP contribution < -0.4 is 0 Å². The third-order valence-corrected chi connectivity index (χ3v) is 2.04. The minimum absolute atomic E-state index is 0.0435. The van der Waals surface area contributed by atoms with Gasteiger partial charge >= 0.3 is 5.97 Å². The summed E-state index contributed by atoms with van der Waals surface area (Å²) >= 11 is 9.53. The van der Waals surface area contributed by atoms with E-state index < -0.39 is 0 Å². The van der Waals surface area contributed by atoms with Crippen molar-refractivity contribution < 1.29 is 14.6 Å². The molecule has 0 aromatic rings. The minimum Gasteiger partial charge on any atom is -0.466 e. The zero-order valence-electron chi connectivity index (χ0n) is 11.9. The summed E-state index contributed by atoms with van der Waals surface area (Å²) in [5, 5.41) is 7.19. The maximum atomic E-state index is 10.9. The average molecular weight is 303 g/mol. The Balaban J connectivity index is -0.000000389. The molecule has 0 amide bonds. The third kappa shape index (κ3) is 29.8. The molecule has 3 nitrogen and oxygen atoms in total. The summed E-state index contributed by atoms with van der Waals surface area (Å²) in [4.78, 5) is 10.9. The van der Waals surface area contributed by atoms with E-state index in [9.17, 15) is 4.79 Å². The Labute approximate surface area is 122 Å². The molecule has 18 heavy (non-hydrogen) atoms. The van der Waals surface area contributed by atoms with Gasteiger partial charge in [-0.25, -0.2) is 0 Å². The predicted octanol–water partition coefficient (Wildman–Crippen LogP) is 4.33. The number of halogens is 2. The van der Waals surface area contributed by atoms with Gasteiger partial charge in [0.2, 0.25) is 0 Å². The van der Waals surface area contributed by atoms with Crippen LogP contribution in [0.3, 0.4) is 0 Å². The Bertz CT molecular complexity index is 144. The van der Waals surface area contributed by atoms with Crippen molar-refractivity contribution in [1.29, 1.82) is 0 Å². The second kappa shape index (κ2) is 25.8. The Morgan fingerprint density at radius 2 is 1.44 bits per heavy atom. The molecule has 0 saturated heterocycles. The number of carbonyl (C=O) groups excluding carboxylic acids is 1. The maximum Gasteiger partial charge on any atom is 0.305 e. The Kier molecular flexibility index (Phi) is 33.1. The van der Waals surface area contributed by atoms with Crippen molar-refractivity contribution in [2.24, 2.45) is 0 Å². The van der Waals surface area contributed by atoms with Gasteiger partial charge in [-0.2, -0.15) is 0 Å². The summed E-state index contributed by atoms with van der Waals surface area (Å²) in [5.41, 5.74) is 0. The van der Waals surface area contributed by atoms with Crippen LogP contribution in [0.2, 0.25) is 0 Å². The van der Waals surface area contributed by atoms with E-state index >= 15 is 0 Å². The van der Waals surface area contributed by atoms with Crippen LogP contribution in [0.25, 0.3) is 0 Å². The number of esters is 1. The molecule has 0 radical (unpaired) electrons. The van der Waals surface area contributed by atoms with Crippen LogP contribution in [-0.4, -0.2) is 30.1 Å². The number of ether oxygens (including phenoxy) is 1. The Hall–Kier alpha value is 0.01000. The van der Waals surface area contributed by atoms with Gasteiger partial charge in [0, 0.05) is 13.5 Å². The Morgan fingerprint density at radius 3 is 1.89 bits per heavy atom. The smallest absolute Gasteiger partial charge is 0.305 e. The highest BCUT2D eigenvalue weighted by atomic mass is 35.5. The molecule has 0 bridgehead atoms. The van der Waals surface area contributed by atoms with Crippen LogP contribution >= 0.6 is 23.2 Å². The van der Waals surface area contributed by atoms with Crippen LogP contribution in [0.15, 0.2) is 0 Å². The van der Waals surface area contributed by atoms with E-state index in [0.29, 0.717) is 13.0 Å². The minimum atomic E-state index is -0.0435. The summed E-state index contributed by atoms with van der Waals surface area (Å²) in [6.45, 7) is 4.56. The molecule has 0 rings (SSSR count). The van der Waals surface area contributed by atoms with E-state index in [1.807, 2.05) is 6.92 Å². The molecule has 0 fully saturated rings. The van der Waals surface area contributed by atoms with E-state index in [4.69, 9.17) is 33.0 Å². The number of unbranched alkanes of at least 4 members (excludes halogenated alkanes) is 5. The van der Waals surface area contributed by atoms with Crippen molar-refractivity contribution in [3.05, 3.63) is 0 Å². The SMILES string of the molecule is CCCCCCCCC(=O)OCC.CO.ClCCl. The van der Waals surface area contributed by atoms with Crippen molar-refractivity contribution in [2.45, 2.75) is 58.8 Å². The molecule has 0 saturated carbocycles. The number of carbonyl (C=O) groups is 1. The van der Waals surface area contributed by atoms with Gasteiger partial charge in [-0.3, -0.25) is 4.79 Å². The van der Waals surface area contributed by atoms with Gasteiger partial charge in [0.15, 0.2) is 0 Å². The highest BCUT2D eigenvalue weighted by Crippen LogP contribution is 2.07. The monoisotopic (exact) mass is 302 g/mol. The van der Waals surface area contributed by atoms with E-state index in [1.54, 1.807) is 0 Å². The lowest BCUT2D eigenvalue weighted by Crippen LogP contribution is -2.03. The fourth-order valence-electron chi connectivity index (χ4n) is 1.28. The molecule has 0 aromatic heterocycles. The summed E-state index contributed by atoms with van der Waals surface area (Å²) in [6, 6.07) is 0. The fourth-order valence-corrected chi connectivity index (χ4v) is 1.28. The molecule has 112 valence electrons. The third-order valence-electron chi connectivity index (χ3n) is 2.04. The zero-order chi connectivity index (χ0) is 14.6. The normalized spacial score (nSPS) is 8.56. The van der Waals surface area contributed by atoms with Crippen LogP contribution in [0.4, 0.5) is 0 Å². The number of aliphatic hydroxyl groups excluding tert-OH is 1. The highest BCUT2D eigenvalue weighted by Gasteiger charge is 1.99. The van der Waals surface area contributed by atoms with Gasteiger partial charge < -0.3 is 9.84 Å². The molecule has 0 atom stereocenters. The van der Waals surface area contributed by atoms with Crippen molar-refractivity contribution >= 4 is 29.2 Å². The summed E-state index contributed by atoms with van der Waals surface area (Å²) < 4.78 is 4.83. The number of hydrogen-bond donors (Lipinski definition) is 1. The Morgan fingerprint density at radius 1 is 1.00 bits per heavy atom. The van der Waals surface area contributed by atoms with Crippen molar-refractivity contribution in [3.63, 3.8) is 0 Å². The predicted molar refractivity (Wildman–Crippen MR) is 79.3 cm³/mol. The van der Waals surface area contributed by atoms with Crippen LogP contribution in [-0.2, 0) is 9.53 Å². The molecule has 0 heterocycles. The zero-order valence-corrected chi connectivity index (χ0v) is 13.4. The van der Waals surface area contributed by atoms with Crippen LogP contribution in [0, 0.1) is 0 Å². The lowest BCUT2D eigenvalue weighted by Gasteiger charge is -2.01. The number of rotatable bonds is 8. The largest absolute Gasteiger partial charge is 0.466 e.